The molecule has 0 saturated carbocycles. The second-order valence-electron chi connectivity index (χ2n) is 4.80. The van der Waals surface area contributed by atoms with Gasteiger partial charge < -0.3 is 43.9 Å². The predicted molar refractivity (Wildman–Crippen MR) is 105 cm³/mol. The third-order valence-electron chi connectivity index (χ3n) is 2.10. The third-order valence-corrected chi connectivity index (χ3v) is 2.10. The Hall–Kier alpha value is -1.78. The average molecular weight is 456 g/mol. The molecule has 0 bridgehead atoms. The Bertz CT molecular complexity index is 678. The molecule has 7 N–H and O–H groups in total. The Morgan fingerprint density at radius 3 is 1.34 bits per heavy atom. The van der Waals surface area contributed by atoms with E-state index >= 15 is 0 Å². The first-order chi connectivity index (χ1) is 13.2. The van der Waals surface area contributed by atoms with Crippen LogP contribution in [0.15, 0.2) is 60.7 Å². The smallest absolute Gasteiger partial charge is 0.466 e. The second kappa shape index (κ2) is 16.1. The maximum absolute atomic E-state index is 8.88. The zero-order valence-electron chi connectivity index (χ0n) is 15.7. The summed E-state index contributed by atoms with van der Waals surface area (Å²) in [7, 11) is -9.28. The minimum absolute atomic E-state index is 0.692. The minimum Gasteiger partial charge on any atom is -0.494 e. The van der Waals surface area contributed by atoms with Gasteiger partial charge in [0.2, 0.25) is 0 Å². The molecule has 0 amide bonds. The third kappa shape index (κ3) is 34.2. The molecular weight excluding hydrogens is 430 g/mol. The number of aliphatic hydroxyl groups is 1. The van der Waals surface area contributed by atoms with Crippen LogP contribution in [0, 0.1) is 0 Å². The first kappa shape index (κ1) is 29.4. The Balaban J connectivity index is 0. The minimum atomic E-state index is -4.64. The number of ether oxygens (including phenoxy) is 2. The average Bonchev–Trinajstić information content (AvgIpc) is 2.54. The van der Waals surface area contributed by atoms with E-state index in [9.17, 15) is 0 Å². The maximum atomic E-state index is 8.88. The topological polar surface area (TPSA) is 194 Å². The molecule has 0 heterocycles. The van der Waals surface area contributed by atoms with Crippen LogP contribution in [0.5, 0.6) is 11.5 Å². The van der Waals surface area contributed by atoms with Crippen LogP contribution in [0.1, 0.15) is 13.8 Å². The van der Waals surface area contributed by atoms with Crippen LogP contribution in [0.2, 0.25) is 0 Å². The highest BCUT2D eigenvalue weighted by molar-refractivity contribution is 7.45. The van der Waals surface area contributed by atoms with Gasteiger partial charge >= 0.3 is 15.6 Å². The fourth-order valence-electron chi connectivity index (χ4n) is 1.38. The molecule has 0 spiro atoms. The lowest BCUT2D eigenvalue weighted by Crippen LogP contribution is -2.08. The highest BCUT2D eigenvalue weighted by Crippen LogP contribution is 2.26. The summed E-state index contributed by atoms with van der Waals surface area (Å²) < 4.78 is 27.9. The highest BCUT2D eigenvalue weighted by atomic mass is 31.2. The number of rotatable bonds is 4. The van der Waals surface area contributed by atoms with Gasteiger partial charge in [-0.2, -0.15) is 0 Å². The molecular formula is C16H26O11P2. The lowest BCUT2D eigenvalue weighted by atomic mass is 10.3. The van der Waals surface area contributed by atoms with Gasteiger partial charge in [-0.05, 0) is 38.1 Å². The van der Waals surface area contributed by atoms with Crippen LogP contribution in [0.4, 0.5) is 0 Å². The molecule has 1 unspecified atom stereocenters. The van der Waals surface area contributed by atoms with Gasteiger partial charge in [0.15, 0.2) is 6.29 Å². The standard InChI is InChI=1S/C8H10O2.C8H10O.2H3O4P/c1-7(9)10-8-5-3-2-4-6-8;1-2-9-8-6-4-3-5-7-8;2*1-5(2,3)4/h2-7,9H,1H3;3-7H,2H2,1H3;2*(H3,1,2,3,4). The van der Waals surface area contributed by atoms with E-state index in [1.54, 1.807) is 19.1 Å². The molecule has 0 aliphatic carbocycles. The van der Waals surface area contributed by atoms with Crippen LogP contribution in [-0.4, -0.2) is 47.4 Å². The van der Waals surface area contributed by atoms with E-state index in [0.717, 1.165) is 12.4 Å². The fourth-order valence-corrected chi connectivity index (χ4v) is 1.38. The van der Waals surface area contributed by atoms with Crippen molar-refractivity contribution in [3.8, 4) is 11.5 Å². The van der Waals surface area contributed by atoms with Crippen LogP contribution >= 0.6 is 15.6 Å². The number of aliphatic hydroxyl groups excluding tert-OH is 1. The SMILES string of the molecule is CC(O)Oc1ccccc1.CCOc1ccccc1.O=P(O)(O)O.O=P(O)(O)O. The predicted octanol–water partition coefficient (Wildman–Crippen LogP) is 1.63. The Morgan fingerprint density at radius 2 is 1.07 bits per heavy atom. The van der Waals surface area contributed by atoms with Gasteiger partial charge in [0, 0.05) is 0 Å². The second-order valence-corrected chi connectivity index (χ2v) is 6.86. The molecule has 1 atom stereocenters. The summed E-state index contributed by atoms with van der Waals surface area (Å²) in [4.78, 5) is 43.1. The van der Waals surface area contributed by atoms with E-state index in [1.165, 1.54) is 0 Å². The van der Waals surface area contributed by atoms with E-state index in [-0.39, 0.29) is 0 Å². The molecule has 13 heteroatoms. The normalized spacial score (nSPS) is 11.2. The molecule has 0 aromatic heterocycles. The van der Waals surface area contributed by atoms with Gasteiger partial charge in [0.25, 0.3) is 0 Å². The van der Waals surface area contributed by atoms with Crippen LogP contribution < -0.4 is 9.47 Å². The van der Waals surface area contributed by atoms with Gasteiger partial charge in [-0.3, -0.25) is 0 Å². The molecule has 2 rings (SSSR count). The van der Waals surface area contributed by atoms with Crippen LogP contribution in [-0.2, 0) is 9.13 Å². The summed E-state index contributed by atoms with van der Waals surface area (Å²) in [5.41, 5.74) is 0. The summed E-state index contributed by atoms with van der Waals surface area (Å²) in [6.45, 7) is 4.30. The molecule has 166 valence electrons. The molecule has 0 radical (unpaired) electrons. The van der Waals surface area contributed by atoms with Crippen molar-refractivity contribution in [1.29, 1.82) is 0 Å². The van der Waals surface area contributed by atoms with Crippen molar-refractivity contribution in [2.75, 3.05) is 6.61 Å². The van der Waals surface area contributed by atoms with Gasteiger partial charge in [0.05, 0.1) is 6.61 Å². The number of hydrogen-bond donors (Lipinski definition) is 7. The summed E-state index contributed by atoms with van der Waals surface area (Å²) >= 11 is 0. The van der Waals surface area contributed by atoms with E-state index in [0.29, 0.717) is 5.75 Å². The summed E-state index contributed by atoms with van der Waals surface area (Å²) in [5.74, 6) is 1.64. The molecule has 2 aromatic rings. The Labute approximate surface area is 168 Å². The van der Waals surface area contributed by atoms with Gasteiger partial charge in [-0.15, -0.1) is 0 Å². The Morgan fingerprint density at radius 1 is 0.759 bits per heavy atom. The number of phosphoric acid groups is 2. The van der Waals surface area contributed by atoms with Crippen molar-refractivity contribution in [2.24, 2.45) is 0 Å². The van der Waals surface area contributed by atoms with Gasteiger partial charge in [0.1, 0.15) is 11.5 Å². The summed E-state index contributed by atoms with van der Waals surface area (Å²) in [6, 6.07) is 19.0. The van der Waals surface area contributed by atoms with Crippen molar-refractivity contribution < 1.29 is 53.1 Å². The van der Waals surface area contributed by atoms with Crippen molar-refractivity contribution in [3.63, 3.8) is 0 Å². The van der Waals surface area contributed by atoms with Crippen molar-refractivity contribution in [3.05, 3.63) is 60.7 Å². The van der Waals surface area contributed by atoms with E-state index in [4.69, 9.17) is 53.1 Å². The highest BCUT2D eigenvalue weighted by Gasteiger charge is 2.00. The van der Waals surface area contributed by atoms with Gasteiger partial charge in [-0.1, -0.05) is 36.4 Å². The van der Waals surface area contributed by atoms with Crippen molar-refractivity contribution in [1.82, 2.24) is 0 Å². The quantitative estimate of drug-likeness (QED) is 0.261. The lowest BCUT2D eigenvalue weighted by Gasteiger charge is -2.06. The van der Waals surface area contributed by atoms with E-state index in [1.807, 2.05) is 55.5 Å². The zero-order chi connectivity index (χ0) is 22.9. The molecule has 0 aliphatic heterocycles. The molecule has 29 heavy (non-hydrogen) atoms. The zero-order valence-corrected chi connectivity index (χ0v) is 17.5. The van der Waals surface area contributed by atoms with Gasteiger partial charge in [-0.25, -0.2) is 9.13 Å². The number of para-hydroxylation sites is 2. The largest absolute Gasteiger partial charge is 0.494 e. The lowest BCUT2D eigenvalue weighted by molar-refractivity contribution is -0.000300. The summed E-state index contributed by atoms with van der Waals surface area (Å²) in [5, 5.41) is 8.78. The first-order valence-corrected chi connectivity index (χ1v) is 11.0. The van der Waals surface area contributed by atoms with Crippen molar-refractivity contribution in [2.45, 2.75) is 20.1 Å². The Kier molecular flexibility index (Phi) is 16.3. The monoisotopic (exact) mass is 456 g/mol. The molecule has 0 fully saturated rings. The van der Waals surface area contributed by atoms with E-state index in [2.05, 4.69) is 0 Å². The fraction of sp³-hybridized carbons (Fsp3) is 0.250. The molecule has 11 nitrogen and oxygen atoms in total. The van der Waals surface area contributed by atoms with Crippen molar-refractivity contribution >= 4 is 15.6 Å². The molecule has 2 aromatic carbocycles. The first-order valence-electron chi connectivity index (χ1n) is 7.86. The van der Waals surface area contributed by atoms with E-state index < -0.39 is 21.9 Å². The number of benzene rings is 2. The van der Waals surface area contributed by atoms with Crippen LogP contribution in [0.25, 0.3) is 0 Å². The van der Waals surface area contributed by atoms with Crippen LogP contribution in [0.3, 0.4) is 0 Å². The maximum Gasteiger partial charge on any atom is 0.466 e. The molecule has 0 aliphatic rings. The summed E-state index contributed by atoms with van der Waals surface area (Å²) in [6.07, 6.45) is -0.734. The number of hydrogen-bond acceptors (Lipinski definition) is 5. The molecule has 0 saturated heterocycles.